The first-order chi connectivity index (χ1) is 10.2. The maximum Gasteiger partial charge on any atom is 0.327 e. The highest BCUT2D eigenvalue weighted by molar-refractivity contribution is 5.78. The van der Waals surface area contributed by atoms with Crippen molar-refractivity contribution in [1.82, 2.24) is 0 Å². The molecule has 4 nitrogen and oxygen atoms in total. The summed E-state index contributed by atoms with van der Waals surface area (Å²) in [6.07, 6.45) is 0.833. The summed E-state index contributed by atoms with van der Waals surface area (Å²) in [4.78, 5) is 9.25. The van der Waals surface area contributed by atoms with Crippen molar-refractivity contribution in [3.63, 3.8) is 0 Å². The Bertz CT molecular complexity index is 482. The van der Waals surface area contributed by atoms with E-state index in [9.17, 15) is 4.79 Å². The van der Waals surface area contributed by atoms with Gasteiger partial charge in [-0.15, -0.1) is 0 Å². The summed E-state index contributed by atoms with van der Waals surface area (Å²) in [5.41, 5.74) is 0. The number of ether oxygens (including phenoxy) is 2. The van der Waals surface area contributed by atoms with Crippen molar-refractivity contribution in [2.75, 3.05) is 13.2 Å². The van der Waals surface area contributed by atoms with Crippen LogP contribution in [0.5, 0.6) is 11.5 Å². The van der Waals surface area contributed by atoms with Gasteiger partial charge in [0.25, 0.3) is 0 Å². The third kappa shape index (κ3) is 8.10. The van der Waals surface area contributed by atoms with Crippen LogP contribution in [0.4, 0.5) is 0 Å². The molecule has 0 heterocycles. The molecule has 0 bridgehead atoms. The smallest absolute Gasteiger partial charge is 0.327 e. The monoisotopic (exact) mass is 286 g/mol. The highest BCUT2D eigenvalue weighted by Crippen LogP contribution is 2.10. The number of hydrogen-bond acceptors (Lipinski definition) is 3. The molecular weight excluding hydrogens is 268 g/mol. The fourth-order valence-electron chi connectivity index (χ4n) is 1.35. The molecule has 0 saturated carbocycles. The highest BCUT2D eigenvalue weighted by atomic mass is 16.5. The number of carboxylic acid groups (broad SMARTS) is 1. The Morgan fingerprint density at radius 2 is 1.24 bits per heavy atom. The summed E-state index contributed by atoms with van der Waals surface area (Å²) in [5.74, 6) is 0.767. The Labute approximate surface area is 124 Å². The lowest BCUT2D eigenvalue weighted by Crippen LogP contribution is -2.08. The van der Waals surface area contributed by atoms with Gasteiger partial charge >= 0.3 is 5.97 Å². The molecule has 0 spiro atoms. The van der Waals surface area contributed by atoms with E-state index in [1.54, 1.807) is 0 Å². The number of rotatable bonds is 6. The number of benzene rings is 2. The van der Waals surface area contributed by atoms with Crippen LogP contribution in [0.1, 0.15) is 0 Å². The van der Waals surface area contributed by atoms with Gasteiger partial charge in [0.15, 0.2) is 0 Å². The summed E-state index contributed by atoms with van der Waals surface area (Å²) in [7, 11) is 0. The highest BCUT2D eigenvalue weighted by Gasteiger charge is 1.93. The molecule has 0 aromatic heterocycles. The van der Waals surface area contributed by atoms with Gasteiger partial charge in [0.05, 0.1) is 0 Å². The van der Waals surface area contributed by atoms with Crippen LogP contribution in [0.2, 0.25) is 0 Å². The molecule has 110 valence electrons. The molecule has 0 aliphatic heterocycles. The Morgan fingerprint density at radius 3 is 1.52 bits per heavy atom. The maximum absolute atomic E-state index is 9.25. The van der Waals surface area contributed by atoms with E-state index < -0.39 is 5.97 Å². The first-order valence-corrected chi connectivity index (χ1v) is 6.43. The van der Waals surface area contributed by atoms with Crippen LogP contribution in [-0.2, 0) is 4.79 Å². The zero-order valence-corrected chi connectivity index (χ0v) is 11.6. The van der Waals surface area contributed by atoms with Crippen LogP contribution in [0, 0.1) is 0 Å². The summed E-state index contributed by atoms with van der Waals surface area (Å²) < 4.78 is 11.0. The van der Waals surface area contributed by atoms with E-state index in [0.717, 1.165) is 17.6 Å². The van der Waals surface area contributed by atoms with Crippen LogP contribution in [0.3, 0.4) is 0 Å². The van der Waals surface area contributed by atoms with E-state index in [0.29, 0.717) is 13.2 Å². The molecule has 2 aromatic carbocycles. The minimum absolute atomic E-state index is 0.554. The Balaban J connectivity index is 0.000000383. The van der Waals surface area contributed by atoms with Crippen LogP contribution in [0.25, 0.3) is 0 Å². The average molecular weight is 286 g/mol. The van der Waals surface area contributed by atoms with E-state index in [-0.39, 0.29) is 0 Å². The lowest BCUT2D eigenvalue weighted by atomic mass is 10.3. The molecular formula is C17H18O4. The van der Waals surface area contributed by atoms with E-state index >= 15 is 0 Å². The third-order valence-electron chi connectivity index (χ3n) is 2.28. The fraction of sp³-hybridized carbons (Fsp3) is 0.118. The molecule has 1 N–H and O–H groups in total. The van der Waals surface area contributed by atoms with Crippen molar-refractivity contribution < 1.29 is 19.4 Å². The molecule has 0 aliphatic carbocycles. The van der Waals surface area contributed by atoms with Crippen LogP contribution >= 0.6 is 0 Å². The SMILES string of the molecule is C=CC(=O)O.c1ccc(OCCOc2ccccc2)cc1. The van der Waals surface area contributed by atoms with E-state index in [2.05, 4.69) is 6.58 Å². The van der Waals surface area contributed by atoms with Crippen molar-refractivity contribution in [2.24, 2.45) is 0 Å². The summed E-state index contributed by atoms with van der Waals surface area (Å²) in [6, 6.07) is 19.5. The predicted octanol–water partition coefficient (Wildman–Crippen LogP) is 3.40. The van der Waals surface area contributed by atoms with Crippen LogP contribution in [-0.4, -0.2) is 24.3 Å². The van der Waals surface area contributed by atoms with E-state index in [4.69, 9.17) is 14.6 Å². The molecule has 0 atom stereocenters. The lowest BCUT2D eigenvalue weighted by molar-refractivity contribution is -0.131. The topological polar surface area (TPSA) is 55.8 Å². The maximum atomic E-state index is 9.25. The van der Waals surface area contributed by atoms with Crippen molar-refractivity contribution in [2.45, 2.75) is 0 Å². The molecule has 2 rings (SSSR count). The van der Waals surface area contributed by atoms with Crippen molar-refractivity contribution in [3.05, 3.63) is 73.3 Å². The molecule has 21 heavy (non-hydrogen) atoms. The average Bonchev–Trinajstić information content (AvgIpc) is 2.54. The second-order valence-electron chi connectivity index (χ2n) is 3.87. The largest absolute Gasteiger partial charge is 0.490 e. The normalized spacial score (nSPS) is 8.95. The standard InChI is InChI=1S/C14H14O2.C3H4O2/c1-3-7-13(8-4-1)15-11-12-16-14-9-5-2-6-10-14;1-2-3(4)5/h1-10H,11-12H2;2H,1H2,(H,4,5). The third-order valence-corrected chi connectivity index (χ3v) is 2.28. The number of aliphatic carboxylic acids is 1. The minimum atomic E-state index is -0.981. The zero-order valence-electron chi connectivity index (χ0n) is 11.6. The Kier molecular flexibility index (Phi) is 7.83. The number of carboxylic acids is 1. The Hall–Kier alpha value is -2.75. The van der Waals surface area contributed by atoms with Gasteiger partial charge in [0.2, 0.25) is 0 Å². The Morgan fingerprint density at radius 1 is 0.905 bits per heavy atom. The van der Waals surface area contributed by atoms with Gasteiger partial charge in [-0.25, -0.2) is 4.79 Å². The first-order valence-electron chi connectivity index (χ1n) is 6.43. The lowest BCUT2D eigenvalue weighted by Gasteiger charge is -2.07. The number of hydrogen-bond donors (Lipinski definition) is 1. The van der Waals surface area contributed by atoms with Gasteiger partial charge in [-0.1, -0.05) is 43.0 Å². The molecule has 0 unspecified atom stereocenters. The van der Waals surface area contributed by atoms with Gasteiger partial charge in [0.1, 0.15) is 24.7 Å². The zero-order chi connectivity index (χ0) is 15.3. The van der Waals surface area contributed by atoms with E-state index in [1.807, 2.05) is 60.7 Å². The molecule has 0 aliphatic rings. The molecule has 0 saturated heterocycles. The summed E-state index contributed by atoms with van der Waals surface area (Å²) >= 11 is 0. The van der Waals surface area contributed by atoms with Gasteiger partial charge in [-0.2, -0.15) is 0 Å². The predicted molar refractivity (Wildman–Crippen MR) is 81.7 cm³/mol. The summed E-state index contributed by atoms with van der Waals surface area (Å²) in [6.45, 7) is 4.07. The van der Waals surface area contributed by atoms with Crippen molar-refractivity contribution in [3.8, 4) is 11.5 Å². The fourth-order valence-corrected chi connectivity index (χ4v) is 1.35. The van der Waals surface area contributed by atoms with Crippen LogP contribution < -0.4 is 9.47 Å². The molecule has 0 radical (unpaired) electrons. The second-order valence-corrected chi connectivity index (χ2v) is 3.87. The van der Waals surface area contributed by atoms with Crippen molar-refractivity contribution in [1.29, 1.82) is 0 Å². The molecule has 2 aromatic rings. The molecule has 0 amide bonds. The number of para-hydroxylation sites is 2. The summed E-state index contributed by atoms with van der Waals surface area (Å²) in [5, 5.41) is 7.60. The minimum Gasteiger partial charge on any atom is -0.490 e. The van der Waals surface area contributed by atoms with Gasteiger partial charge in [-0.05, 0) is 24.3 Å². The van der Waals surface area contributed by atoms with E-state index in [1.165, 1.54) is 0 Å². The quantitative estimate of drug-likeness (QED) is 0.653. The number of carbonyl (C=O) groups is 1. The molecule has 0 fully saturated rings. The molecule has 4 heteroatoms. The van der Waals surface area contributed by atoms with Crippen molar-refractivity contribution >= 4 is 5.97 Å². The van der Waals surface area contributed by atoms with Crippen LogP contribution in [0.15, 0.2) is 73.3 Å². The van der Waals surface area contributed by atoms with Gasteiger partial charge in [0, 0.05) is 6.08 Å². The second kappa shape index (κ2) is 10.1. The first kappa shape index (κ1) is 16.3. The van der Waals surface area contributed by atoms with Gasteiger partial charge in [-0.3, -0.25) is 0 Å². The van der Waals surface area contributed by atoms with Gasteiger partial charge < -0.3 is 14.6 Å².